The van der Waals surface area contributed by atoms with Crippen molar-refractivity contribution in [1.29, 1.82) is 0 Å². The number of anilines is 1. The Morgan fingerprint density at radius 2 is 2.17 bits per heavy atom. The van der Waals surface area contributed by atoms with Crippen molar-refractivity contribution in [1.82, 2.24) is 4.98 Å². The highest BCUT2D eigenvalue weighted by atomic mass is 14.9. The number of hydrogen-bond donors (Lipinski definition) is 2. The van der Waals surface area contributed by atoms with Crippen LogP contribution in [0.4, 0.5) is 5.69 Å². The zero-order valence-electron chi connectivity index (χ0n) is 7.59. The molecule has 3 heteroatoms. The highest BCUT2D eigenvalue weighted by molar-refractivity contribution is 5.47. The van der Waals surface area contributed by atoms with Gasteiger partial charge in [-0.15, -0.1) is 0 Å². The Bertz CT molecular complexity index is 258. The first-order valence-electron chi connectivity index (χ1n) is 4.12. The van der Waals surface area contributed by atoms with E-state index in [9.17, 15) is 0 Å². The molecule has 0 radical (unpaired) electrons. The topological polar surface area (TPSA) is 50.9 Å². The standard InChI is InChI=1S/C9H15N3/c1-7-3-4-9(8(2)12-7)11-6-5-10/h3-4,11H,5-6,10H2,1-2H3. The average molecular weight is 165 g/mol. The molecule has 0 bridgehead atoms. The lowest BCUT2D eigenvalue weighted by Crippen LogP contribution is -2.14. The Labute approximate surface area is 73.0 Å². The van der Waals surface area contributed by atoms with Crippen LogP contribution in [-0.2, 0) is 0 Å². The highest BCUT2D eigenvalue weighted by Crippen LogP contribution is 2.11. The van der Waals surface area contributed by atoms with Crippen molar-refractivity contribution in [2.24, 2.45) is 5.73 Å². The van der Waals surface area contributed by atoms with Gasteiger partial charge in [-0.25, -0.2) is 0 Å². The average Bonchev–Trinajstić information content (AvgIpc) is 2.03. The van der Waals surface area contributed by atoms with Crippen molar-refractivity contribution in [2.75, 3.05) is 18.4 Å². The SMILES string of the molecule is Cc1ccc(NCCN)c(C)n1. The van der Waals surface area contributed by atoms with Gasteiger partial charge in [0.15, 0.2) is 0 Å². The fraction of sp³-hybridized carbons (Fsp3) is 0.444. The number of pyridine rings is 1. The van der Waals surface area contributed by atoms with Crippen molar-refractivity contribution < 1.29 is 0 Å². The molecule has 0 aliphatic carbocycles. The van der Waals surface area contributed by atoms with Crippen LogP contribution < -0.4 is 11.1 Å². The van der Waals surface area contributed by atoms with Crippen molar-refractivity contribution in [3.05, 3.63) is 23.5 Å². The molecule has 0 aliphatic rings. The Hall–Kier alpha value is -1.09. The second-order valence-corrected chi connectivity index (χ2v) is 2.80. The summed E-state index contributed by atoms with van der Waals surface area (Å²) in [6.45, 7) is 5.42. The lowest BCUT2D eigenvalue weighted by Gasteiger charge is -2.07. The second kappa shape index (κ2) is 4.07. The molecule has 0 atom stereocenters. The first-order valence-corrected chi connectivity index (χ1v) is 4.12. The predicted octanol–water partition coefficient (Wildman–Crippen LogP) is 1.07. The maximum atomic E-state index is 5.37. The Morgan fingerprint density at radius 1 is 1.42 bits per heavy atom. The number of aromatic nitrogens is 1. The van der Waals surface area contributed by atoms with Gasteiger partial charge in [0.1, 0.15) is 0 Å². The Balaban J connectivity index is 2.72. The fourth-order valence-corrected chi connectivity index (χ4v) is 1.08. The van der Waals surface area contributed by atoms with Gasteiger partial charge >= 0.3 is 0 Å². The highest BCUT2D eigenvalue weighted by Gasteiger charge is 1.96. The van der Waals surface area contributed by atoms with Gasteiger partial charge < -0.3 is 11.1 Å². The van der Waals surface area contributed by atoms with E-state index < -0.39 is 0 Å². The molecule has 0 aliphatic heterocycles. The van der Waals surface area contributed by atoms with Crippen LogP contribution in [0.25, 0.3) is 0 Å². The first kappa shape index (κ1) is 9.00. The summed E-state index contributed by atoms with van der Waals surface area (Å²) in [5, 5.41) is 3.20. The van der Waals surface area contributed by atoms with Gasteiger partial charge in [0.2, 0.25) is 0 Å². The maximum absolute atomic E-state index is 5.37. The summed E-state index contributed by atoms with van der Waals surface area (Å²) >= 11 is 0. The van der Waals surface area contributed by atoms with E-state index in [1.165, 1.54) is 0 Å². The van der Waals surface area contributed by atoms with Gasteiger partial charge in [-0.3, -0.25) is 4.98 Å². The number of nitrogens with zero attached hydrogens (tertiary/aromatic N) is 1. The predicted molar refractivity (Wildman–Crippen MR) is 51.3 cm³/mol. The summed E-state index contributed by atoms with van der Waals surface area (Å²) in [7, 11) is 0. The third kappa shape index (κ3) is 2.20. The van der Waals surface area contributed by atoms with E-state index >= 15 is 0 Å². The summed E-state index contributed by atoms with van der Waals surface area (Å²) in [5.74, 6) is 0. The van der Waals surface area contributed by atoms with Gasteiger partial charge in [-0.05, 0) is 26.0 Å². The molecule has 1 rings (SSSR count). The number of nitrogens with two attached hydrogens (primary N) is 1. The van der Waals surface area contributed by atoms with Crippen molar-refractivity contribution in [3.63, 3.8) is 0 Å². The van der Waals surface area contributed by atoms with Crippen LogP contribution in [0.3, 0.4) is 0 Å². The molecule has 0 fully saturated rings. The van der Waals surface area contributed by atoms with Crippen LogP contribution in [0.5, 0.6) is 0 Å². The number of nitrogens with one attached hydrogen (secondary N) is 1. The van der Waals surface area contributed by atoms with Crippen LogP contribution in [0.2, 0.25) is 0 Å². The number of hydrogen-bond acceptors (Lipinski definition) is 3. The minimum absolute atomic E-state index is 0.646. The third-order valence-corrected chi connectivity index (χ3v) is 1.68. The largest absolute Gasteiger partial charge is 0.382 e. The van der Waals surface area contributed by atoms with Crippen molar-refractivity contribution in [2.45, 2.75) is 13.8 Å². The van der Waals surface area contributed by atoms with Crippen LogP contribution in [0, 0.1) is 13.8 Å². The van der Waals surface area contributed by atoms with Crippen molar-refractivity contribution >= 4 is 5.69 Å². The molecule has 0 saturated heterocycles. The van der Waals surface area contributed by atoms with Gasteiger partial charge in [0.05, 0.1) is 11.4 Å². The zero-order valence-corrected chi connectivity index (χ0v) is 7.59. The molecule has 0 amide bonds. The van der Waals surface area contributed by atoms with Crippen LogP contribution in [-0.4, -0.2) is 18.1 Å². The normalized spacial score (nSPS) is 9.92. The minimum Gasteiger partial charge on any atom is -0.382 e. The van der Waals surface area contributed by atoms with E-state index in [0.29, 0.717) is 6.54 Å². The lowest BCUT2D eigenvalue weighted by atomic mass is 10.3. The molecule has 0 unspecified atom stereocenters. The van der Waals surface area contributed by atoms with Gasteiger partial charge in [0, 0.05) is 18.8 Å². The Kier molecular flexibility index (Phi) is 3.05. The number of aryl methyl sites for hydroxylation is 2. The lowest BCUT2D eigenvalue weighted by molar-refractivity contribution is 1.01. The molecule has 1 aromatic heterocycles. The summed E-state index contributed by atoms with van der Waals surface area (Å²) in [5.41, 5.74) is 8.53. The van der Waals surface area contributed by atoms with Gasteiger partial charge in [0.25, 0.3) is 0 Å². The molecule has 3 nitrogen and oxygen atoms in total. The van der Waals surface area contributed by atoms with E-state index in [1.807, 2.05) is 26.0 Å². The van der Waals surface area contributed by atoms with Crippen LogP contribution in [0.1, 0.15) is 11.4 Å². The molecule has 66 valence electrons. The molecule has 0 saturated carbocycles. The third-order valence-electron chi connectivity index (χ3n) is 1.68. The zero-order chi connectivity index (χ0) is 8.97. The maximum Gasteiger partial charge on any atom is 0.0606 e. The molecule has 1 heterocycles. The molecule has 3 N–H and O–H groups in total. The molecule has 0 aromatic carbocycles. The summed E-state index contributed by atoms with van der Waals surface area (Å²) in [6.07, 6.45) is 0. The Morgan fingerprint density at radius 3 is 2.75 bits per heavy atom. The van der Waals surface area contributed by atoms with Crippen LogP contribution in [0.15, 0.2) is 12.1 Å². The summed E-state index contributed by atoms with van der Waals surface area (Å²) in [4.78, 5) is 4.32. The van der Waals surface area contributed by atoms with E-state index in [-0.39, 0.29) is 0 Å². The van der Waals surface area contributed by atoms with E-state index in [0.717, 1.165) is 23.6 Å². The van der Waals surface area contributed by atoms with Gasteiger partial charge in [-0.1, -0.05) is 0 Å². The van der Waals surface area contributed by atoms with E-state index in [2.05, 4.69) is 10.3 Å². The number of rotatable bonds is 3. The molecule has 0 spiro atoms. The fourth-order valence-electron chi connectivity index (χ4n) is 1.08. The van der Waals surface area contributed by atoms with Gasteiger partial charge in [-0.2, -0.15) is 0 Å². The van der Waals surface area contributed by atoms with Crippen LogP contribution >= 0.6 is 0 Å². The van der Waals surface area contributed by atoms with Crippen molar-refractivity contribution in [3.8, 4) is 0 Å². The molecule has 12 heavy (non-hydrogen) atoms. The molecular formula is C9H15N3. The van der Waals surface area contributed by atoms with E-state index in [1.54, 1.807) is 0 Å². The summed E-state index contributed by atoms with van der Waals surface area (Å²) < 4.78 is 0. The first-order chi connectivity index (χ1) is 5.74. The smallest absolute Gasteiger partial charge is 0.0606 e. The quantitative estimate of drug-likeness (QED) is 0.704. The molecular weight excluding hydrogens is 150 g/mol. The summed E-state index contributed by atoms with van der Waals surface area (Å²) in [6, 6.07) is 4.03. The van der Waals surface area contributed by atoms with E-state index in [4.69, 9.17) is 5.73 Å². The second-order valence-electron chi connectivity index (χ2n) is 2.80. The molecule has 1 aromatic rings. The minimum atomic E-state index is 0.646. The monoisotopic (exact) mass is 165 g/mol.